The van der Waals surface area contributed by atoms with Gasteiger partial charge in [0.1, 0.15) is 18.0 Å². The summed E-state index contributed by atoms with van der Waals surface area (Å²) in [6.45, 7) is 2.25. The molecule has 0 saturated carbocycles. The van der Waals surface area contributed by atoms with Crippen molar-refractivity contribution in [1.29, 1.82) is 0 Å². The molecule has 6 nitrogen and oxygen atoms in total. The van der Waals surface area contributed by atoms with Crippen LogP contribution in [0.4, 0.5) is 10.1 Å². The summed E-state index contributed by atoms with van der Waals surface area (Å²) < 4.78 is 25.0. The molecule has 0 unspecified atom stereocenters. The number of anilines is 1. The van der Waals surface area contributed by atoms with Crippen LogP contribution in [0.25, 0.3) is 6.08 Å². The number of carbonyl (C=O) groups is 2. The van der Waals surface area contributed by atoms with Gasteiger partial charge in [0.05, 0.1) is 27.4 Å². The molecule has 1 aliphatic heterocycles. The lowest BCUT2D eigenvalue weighted by atomic mass is 10.1. The van der Waals surface area contributed by atoms with Crippen molar-refractivity contribution in [2.24, 2.45) is 0 Å². The fourth-order valence-electron chi connectivity index (χ4n) is 3.51. The van der Waals surface area contributed by atoms with Crippen LogP contribution in [-0.2, 0) is 16.2 Å². The number of rotatable bonds is 7. The monoisotopic (exact) mass is 578 g/mol. The van der Waals surface area contributed by atoms with Gasteiger partial charge < -0.3 is 9.47 Å². The van der Waals surface area contributed by atoms with Crippen LogP contribution in [0.15, 0.2) is 60.2 Å². The van der Waals surface area contributed by atoms with Gasteiger partial charge in [-0.1, -0.05) is 40.9 Å². The van der Waals surface area contributed by atoms with E-state index in [1.807, 2.05) is 0 Å². The zero-order valence-corrected chi connectivity index (χ0v) is 22.3. The van der Waals surface area contributed by atoms with Crippen LogP contribution in [0.1, 0.15) is 18.1 Å². The predicted octanol–water partition coefficient (Wildman–Crippen LogP) is 6.59. The lowest BCUT2D eigenvalue weighted by Crippen LogP contribution is -2.54. The molecule has 0 spiro atoms. The van der Waals surface area contributed by atoms with Crippen LogP contribution in [0.3, 0.4) is 0 Å². The van der Waals surface area contributed by atoms with Crippen molar-refractivity contribution < 1.29 is 23.5 Å². The van der Waals surface area contributed by atoms with Gasteiger partial charge in [-0.25, -0.2) is 4.39 Å². The van der Waals surface area contributed by atoms with E-state index in [0.717, 1.165) is 10.5 Å². The number of nitrogens with one attached hydrogen (secondary N) is 1. The number of halogens is 4. The molecule has 1 heterocycles. The van der Waals surface area contributed by atoms with E-state index in [1.54, 1.807) is 31.2 Å². The van der Waals surface area contributed by atoms with Crippen molar-refractivity contribution in [1.82, 2.24) is 5.32 Å². The maximum atomic E-state index is 13.4. The standard InChI is InChI=1S/C26H18Cl3FN2O4S/c1-2-35-22-12-15(11-21(29)23(22)36-13-14-3-8-19(27)20(28)10-14)9-18-24(33)31-26(37)32(25(18)34)17-6-4-16(30)5-7-17/h3-12H,2,13H2,1H3,(H,31,33,37)/b18-9-. The summed E-state index contributed by atoms with van der Waals surface area (Å²) in [5.41, 5.74) is 1.29. The second-order valence-corrected chi connectivity index (χ2v) is 9.34. The number of hydrogen-bond acceptors (Lipinski definition) is 5. The smallest absolute Gasteiger partial charge is 0.270 e. The second kappa shape index (κ2) is 11.5. The van der Waals surface area contributed by atoms with Crippen molar-refractivity contribution in [3.05, 3.63) is 92.2 Å². The van der Waals surface area contributed by atoms with Crippen molar-refractivity contribution in [2.75, 3.05) is 11.5 Å². The van der Waals surface area contributed by atoms with E-state index in [0.29, 0.717) is 33.7 Å². The first-order valence-corrected chi connectivity index (χ1v) is 12.4. The van der Waals surface area contributed by atoms with Gasteiger partial charge in [-0.05, 0) is 84.9 Å². The number of thiocarbonyl (C=S) groups is 1. The van der Waals surface area contributed by atoms with Crippen LogP contribution in [0.5, 0.6) is 11.5 Å². The maximum absolute atomic E-state index is 13.4. The molecular weight excluding hydrogens is 562 g/mol. The quantitative estimate of drug-likeness (QED) is 0.194. The SMILES string of the molecule is CCOc1cc(/C=C2/C(=O)NC(=S)N(c3ccc(F)cc3)C2=O)cc(Cl)c1OCc1ccc(Cl)c(Cl)c1. The minimum atomic E-state index is -0.678. The van der Waals surface area contributed by atoms with Crippen LogP contribution in [-0.4, -0.2) is 23.5 Å². The van der Waals surface area contributed by atoms with Crippen LogP contribution < -0.4 is 19.7 Å². The zero-order valence-electron chi connectivity index (χ0n) is 19.2. The first-order chi connectivity index (χ1) is 17.7. The fraction of sp³-hybridized carbons (Fsp3) is 0.115. The van der Waals surface area contributed by atoms with Crippen molar-refractivity contribution >= 4 is 75.7 Å². The molecule has 0 bridgehead atoms. The van der Waals surface area contributed by atoms with Gasteiger partial charge in [0.2, 0.25) is 0 Å². The Hall–Kier alpha value is -3.17. The molecule has 0 atom stereocenters. The normalized spacial score (nSPS) is 14.7. The molecule has 1 saturated heterocycles. The first-order valence-electron chi connectivity index (χ1n) is 10.9. The van der Waals surface area contributed by atoms with E-state index in [1.165, 1.54) is 36.4 Å². The van der Waals surface area contributed by atoms with Crippen LogP contribution in [0, 0.1) is 5.82 Å². The summed E-state index contributed by atoms with van der Waals surface area (Å²) in [6, 6.07) is 13.4. The highest BCUT2D eigenvalue weighted by Crippen LogP contribution is 2.38. The van der Waals surface area contributed by atoms with E-state index in [2.05, 4.69) is 5.32 Å². The molecule has 3 aromatic carbocycles. The molecule has 37 heavy (non-hydrogen) atoms. The van der Waals surface area contributed by atoms with E-state index in [4.69, 9.17) is 56.5 Å². The van der Waals surface area contributed by atoms with Crippen molar-refractivity contribution in [2.45, 2.75) is 13.5 Å². The molecule has 0 aliphatic carbocycles. The van der Waals surface area contributed by atoms with Gasteiger partial charge in [0.25, 0.3) is 11.8 Å². The highest BCUT2D eigenvalue weighted by atomic mass is 35.5. The Bertz CT molecular complexity index is 1430. The van der Waals surface area contributed by atoms with Gasteiger partial charge in [0, 0.05) is 0 Å². The number of hydrogen-bond donors (Lipinski definition) is 1. The molecule has 4 rings (SSSR count). The Labute approximate surface area is 232 Å². The minimum Gasteiger partial charge on any atom is -0.490 e. The molecule has 1 N–H and O–H groups in total. The predicted molar refractivity (Wildman–Crippen MR) is 146 cm³/mol. The van der Waals surface area contributed by atoms with Gasteiger partial charge in [-0.3, -0.25) is 19.8 Å². The van der Waals surface area contributed by atoms with Gasteiger partial charge in [0.15, 0.2) is 16.6 Å². The molecule has 0 aromatic heterocycles. The number of benzene rings is 3. The van der Waals surface area contributed by atoms with Crippen molar-refractivity contribution in [3.63, 3.8) is 0 Å². The number of carbonyl (C=O) groups excluding carboxylic acids is 2. The van der Waals surface area contributed by atoms with E-state index >= 15 is 0 Å². The van der Waals surface area contributed by atoms with Crippen LogP contribution in [0.2, 0.25) is 15.1 Å². The highest BCUT2D eigenvalue weighted by molar-refractivity contribution is 7.80. The Morgan fingerprint density at radius 3 is 2.38 bits per heavy atom. The Kier molecular flexibility index (Phi) is 8.34. The topological polar surface area (TPSA) is 67.9 Å². The molecule has 190 valence electrons. The molecule has 3 aromatic rings. The third-order valence-electron chi connectivity index (χ3n) is 5.20. The third-order valence-corrected chi connectivity index (χ3v) is 6.50. The average Bonchev–Trinajstić information content (AvgIpc) is 2.84. The maximum Gasteiger partial charge on any atom is 0.270 e. The summed E-state index contributed by atoms with van der Waals surface area (Å²) in [5.74, 6) is -1.22. The lowest BCUT2D eigenvalue weighted by molar-refractivity contribution is -0.122. The summed E-state index contributed by atoms with van der Waals surface area (Å²) in [7, 11) is 0. The van der Waals surface area contributed by atoms with E-state index in [9.17, 15) is 14.0 Å². The number of amides is 2. The van der Waals surface area contributed by atoms with E-state index < -0.39 is 17.6 Å². The highest BCUT2D eigenvalue weighted by Gasteiger charge is 2.34. The largest absolute Gasteiger partial charge is 0.490 e. The average molecular weight is 580 g/mol. The Balaban J connectivity index is 1.65. The summed E-state index contributed by atoms with van der Waals surface area (Å²) in [6.07, 6.45) is 1.37. The van der Waals surface area contributed by atoms with Crippen molar-refractivity contribution in [3.8, 4) is 11.5 Å². The Morgan fingerprint density at radius 2 is 1.70 bits per heavy atom. The van der Waals surface area contributed by atoms with Gasteiger partial charge in [-0.2, -0.15) is 0 Å². The summed E-state index contributed by atoms with van der Waals surface area (Å²) >= 11 is 23.7. The van der Waals surface area contributed by atoms with E-state index in [-0.39, 0.29) is 28.1 Å². The molecule has 0 radical (unpaired) electrons. The molecule has 11 heteroatoms. The summed E-state index contributed by atoms with van der Waals surface area (Å²) in [4.78, 5) is 27.0. The second-order valence-electron chi connectivity index (χ2n) is 7.73. The molecule has 1 aliphatic rings. The van der Waals surface area contributed by atoms with Gasteiger partial charge >= 0.3 is 0 Å². The summed E-state index contributed by atoms with van der Waals surface area (Å²) in [5, 5.41) is 3.39. The molecular formula is C26H18Cl3FN2O4S. The number of nitrogens with zero attached hydrogens (tertiary/aromatic N) is 1. The molecule has 2 amide bonds. The molecule has 1 fully saturated rings. The first kappa shape index (κ1) is 26.9. The minimum absolute atomic E-state index is 0.113. The lowest BCUT2D eigenvalue weighted by Gasteiger charge is -2.29. The number of ether oxygens (including phenoxy) is 2. The Morgan fingerprint density at radius 1 is 0.973 bits per heavy atom. The zero-order chi connectivity index (χ0) is 26.7. The fourth-order valence-corrected chi connectivity index (χ4v) is 4.38. The third kappa shape index (κ3) is 6.05. The van der Waals surface area contributed by atoms with Gasteiger partial charge in [-0.15, -0.1) is 0 Å². The van der Waals surface area contributed by atoms with Crippen LogP contribution >= 0.6 is 47.0 Å².